The fourth-order valence-electron chi connectivity index (χ4n) is 2.80. The van der Waals surface area contributed by atoms with E-state index in [2.05, 4.69) is 52.6 Å². The first-order valence-corrected chi connectivity index (χ1v) is 8.57. The Kier molecular flexibility index (Phi) is 5.75. The van der Waals surface area contributed by atoms with E-state index >= 15 is 0 Å². The van der Waals surface area contributed by atoms with Gasteiger partial charge in [-0.25, -0.2) is 0 Å². The van der Waals surface area contributed by atoms with Gasteiger partial charge in [0.2, 0.25) is 0 Å². The molecule has 4 nitrogen and oxygen atoms in total. The van der Waals surface area contributed by atoms with Gasteiger partial charge >= 0.3 is 0 Å². The highest BCUT2D eigenvalue weighted by Gasteiger charge is 2.05. The molecule has 2 aromatic carbocycles. The number of benzene rings is 2. The summed E-state index contributed by atoms with van der Waals surface area (Å²) < 4.78 is 7.70. The number of aliphatic hydroxyl groups is 1. The lowest BCUT2D eigenvalue weighted by Gasteiger charge is -2.11. The standard InChI is InChI=1S/C21H24N2O2/c1-2-25-21-9-8-20(12-19(21)16-24)22-13-18-10-11-23(15-18)14-17-6-4-3-5-7-17/h3-12,15,22,24H,2,13-14,16H2,1H3. The molecule has 0 spiro atoms. The molecule has 0 aliphatic heterocycles. The molecule has 0 fully saturated rings. The normalized spacial score (nSPS) is 10.6. The molecule has 0 saturated heterocycles. The zero-order valence-corrected chi connectivity index (χ0v) is 14.5. The average molecular weight is 336 g/mol. The van der Waals surface area contributed by atoms with Crippen LogP contribution in [0.25, 0.3) is 0 Å². The summed E-state index contributed by atoms with van der Waals surface area (Å²) >= 11 is 0. The van der Waals surface area contributed by atoms with E-state index in [1.54, 1.807) is 0 Å². The monoisotopic (exact) mass is 336 g/mol. The van der Waals surface area contributed by atoms with Crippen molar-refractivity contribution in [1.29, 1.82) is 0 Å². The highest BCUT2D eigenvalue weighted by molar-refractivity contribution is 5.51. The van der Waals surface area contributed by atoms with Crippen LogP contribution in [0.1, 0.15) is 23.6 Å². The molecule has 0 amide bonds. The third-order valence-corrected chi connectivity index (χ3v) is 4.05. The van der Waals surface area contributed by atoms with Crippen LogP contribution in [0.3, 0.4) is 0 Å². The average Bonchev–Trinajstić information content (AvgIpc) is 3.09. The summed E-state index contributed by atoms with van der Waals surface area (Å²) in [4.78, 5) is 0. The first-order valence-electron chi connectivity index (χ1n) is 8.57. The lowest BCUT2D eigenvalue weighted by atomic mass is 10.2. The summed E-state index contributed by atoms with van der Waals surface area (Å²) in [5.41, 5.74) is 4.28. The van der Waals surface area contributed by atoms with Crippen molar-refractivity contribution in [3.05, 3.63) is 83.7 Å². The second-order valence-electron chi connectivity index (χ2n) is 5.94. The second-order valence-corrected chi connectivity index (χ2v) is 5.94. The van der Waals surface area contributed by atoms with Gasteiger partial charge in [-0.3, -0.25) is 0 Å². The molecule has 4 heteroatoms. The quantitative estimate of drug-likeness (QED) is 0.653. The van der Waals surface area contributed by atoms with Crippen LogP contribution in [0, 0.1) is 0 Å². The van der Waals surface area contributed by atoms with E-state index < -0.39 is 0 Å². The second kappa shape index (κ2) is 8.40. The molecular weight excluding hydrogens is 312 g/mol. The van der Waals surface area contributed by atoms with Crippen LogP contribution in [0.15, 0.2) is 67.0 Å². The maximum atomic E-state index is 9.49. The predicted molar refractivity (Wildman–Crippen MR) is 101 cm³/mol. The highest BCUT2D eigenvalue weighted by atomic mass is 16.5. The van der Waals surface area contributed by atoms with Gasteiger partial charge in [0.1, 0.15) is 5.75 Å². The lowest BCUT2D eigenvalue weighted by Crippen LogP contribution is -2.02. The number of hydrogen-bond donors (Lipinski definition) is 2. The zero-order valence-electron chi connectivity index (χ0n) is 14.5. The summed E-state index contributed by atoms with van der Waals surface area (Å²) in [6, 6.07) is 18.4. The minimum absolute atomic E-state index is 0.0295. The molecule has 0 unspecified atom stereocenters. The fourth-order valence-corrected chi connectivity index (χ4v) is 2.80. The van der Waals surface area contributed by atoms with E-state index in [4.69, 9.17) is 4.74 Å². The largest absolute Gasteiger partial charge is 0.494 e. The number of hydrogen-bond acceptors (Lipinski definition) is 3. The molecule has 25 heavy (non-hydrogen) atoms. The topological polar surface area (TPSA) is 46.4 Å². The van der Waals surface area contributed by atoms with Crippen molar-refractivity contribution in [3.63, 3.8) is 0 Å². The number of ether oxygens (including phenoxy) is 1. The fraction of sp³-hybridized carbons (Fsp3) is 0.238. The van der Waals surface area contributed by atoms with Crippen LogP contribution < -0.4 is 10.1 Å². The molecule has 0 bridgehead atoms. The Balaban J connectivity index is 1.60. The van der Waals surface area contributed by atoms with Crippen LogP contribution >= 0.6 is 0 Å². The maximum absolute atomic E-state index is 9.49. The Hall–Kier alpha value is -2.72. The Morgan fingerprint density at radius 2 is 1.88 bits per heavy atom. The smallest absolute Gasteiger partial charge is 0.124 e. The van der Waals surface area contributed by atoms with Gasteiger partial charge in [0, 0.05) is 36.7 Å². The van der Waals surface area contributed by atoms with Crippen molar-refractivity contribution in [2.75, 3.05) is 11.9 Å². The molecule has 0 atom stereocenters. The van der Waals surface area contributed by atoms with Crippen molar-refractivity contribution >= 4 is 5.69 Å². The van der Waals surface area contributed by atoms with Gasteiger partial charge in [-0.05, 0) is 42.3 Å². The molecule has 0 radical (unpaired) electrons. The van der Waals surface area contributed by atoms with Gasteiger partial charge in [0.25, 0.3) is 0 Å². The van der Waals surface area contributed by atoms with Crippen LogP contribution in [0.4, 0.5) is 5.69 Å². The van der Waals surface area contributed by atoms with Crippen LogP contribution in [-0.2, 0) is 19.7 Å². The summed E-state index contributed by atoms with van der Waals surface area (Å²) in [5.74, 6) is 0.740. The van der Waals surface area contributed by atoms with Gasteiger partial charge in [-0.2, -0.15) is 0 Å². The van der Waals surface area contributed by atoms with Crippen molar-refractivity contribution in [1.82, 2.24) is 4.57 Å². The minimum atomic E-state index is -0.0295. The molecule has 1 aromatic heterocycles. The maximum Gasteiger partial charge on any atom is 0.124 e. The van der Waals surface area contributed by atoms with E-state index in [0.717, 1.165) is 30.1 Å². The Morgan fingerprint density at radius 3 is 2.64 bits per heavy atom. The molecule has 130 valence electrons. The molecule has 3 rings (SSSR count). The third kappa shape index (κ3) is 4.64. The first-order chi connectivity index (χ1) is 12.3. The molecule has 0 saturated carbocycles. The van der Waals surface area contributed by atoms with Crippen LogP contribution in [-0.4, -0.2) is 16.3 Å². The van der Waals surface area contributed by atoms with Crippen molar-refractivity contribution in [2.45, 2.75) is 26.6 Å². The number of nitrogens with one attached hydrogen (secondary N) is 1. The summed E-state index contributed by atoms with van der Waals surface area (Å²) in [7, 11) is 0. The lowest BCUT2D eigenvalue weighted by molar-refractivity contribution is 0.267. The number of aromatic nitrogens is 1. The Labute approximate surface area is 148 Å². The summed E-state index contributed by atoms with van der Waals surface area (Å²) in [6.07, 6.45) is 4.25. The van der Waals surface area contributed by atoms with E-state index in [1.165, 1.54) is 11.1 Å². The van der Waals surface area contributed by atoms with E-state index in [1.807, 2.05) is 31.2 Å². The molecule has 0 aliphatic rings. The Morgan fingerprint density at radius 1 is 1.04 bits per heavy atom. The molecule has 3 aromatic rings. The highest BCUT2D eigenvalue weighted by Crippen LogP contribution is 2.23. The molecule has 1 heterocycles. The number of anilines is 1. The van der Waals surface area contributed by atoms with Crippen LogP contribution in [0.5, 0.6) is 5.75 Å². The first kappa shape index (κ1) is 17.1. The van der Waals surface area contributed by atoms with Crippen molar-refractivity contribution in [3.8, 4) is 5.75 Å². The number of rotatable bonds is 8. The summed E-state index contributed by atoms with van der Waals surface area (Å²) in [5, 5.41) is 12.9. The van der Waals surface area contributed by atoms with Gasteiger partial charge in [-0.15, -0.1) is 0 Å². The van der Waals surface area contributed by atoms with Gasteiger partial charge < -0.3 is 19.7 Å². The van der Waals surface area contributed by atoms with Crippen molar-refractivity contribution in [2.24, 2.45) is 0 Å². The predicted octanol–water partition coefficient (Wildman–Crippen LogP) is 4.04. The van der Waals surface area contributed by atoms with E-state index in [-0.39, 0.29) is 6.61 Å². The van der Waals surface area contributed by atoms with Crippen molar-refractivity contribution < 1.29 is 9.84 Å². The van der Waals surface area contributed by atoms with Crippen LogP contribution in [0.2, 0.25) is 0 Å². The molecule has 0 aliphatic carbocycles. The zero-order chi connectivity index (χ0) is 17.5. The molecular formula is C21H24N2O2. The number of nitrogens with zero attached hydrogens (tertiary/aromatic N) is 1. The third-order valence-electron chi connectivity index (χ3n) is 4.05. The molecule has 2 N–H and O–H groups in total. The number of aliphatic hydroxyl groups excluding tert-OH is 1. The SMILES string of the molecule is CCOc1ccc(NCc2ccn(Cc3ccccc3)c2)cc1CO. The summed E-state index contributed by atoms with van der Waals surface area (Å²) in [6.45, 7) is 4.11. The minimum Gasteiger partial charge on any atom is -0.494 e. The van der Waals surface area contributed by atoms with Gasteiger partial charge in [0.15, 0.2) is 0 Å². The Bertz CT molecular complexity index is 797. The van der Waals surface area contributed by atoms with E-state index in [0.29, 0.717) is 6.61 Å². The van der Waals surface area contributed by atoms with Gasteiger partial charge in [-0.1, -0.05) is 30.3 Å². The van der Waals surface area contributed by atoms with E-state index in [9.17, 15) is 5.11 Å². The van der Waals surface area contributed by atoms with Gasteiger partial charge in [0.05, 0.1) is 13.2 Å².